The van der Waals surface area contributed by atoms with Crippen LogP contribution in [0, 0.1) is 25.2 Å². The zero-order valence-corrected chi connectivity index (χ0v) is 19.6. The van der Waals surface area contributed by atoms with E-state index >= 15 is 0 Å². The number of halogens is 1. The minimum absolute atomic E-state index is 0.00631. The number of nitrogens with one attached hydrogen (secondary N) is 1. The van der Waals surface area contributed by atoms with Crippen LogP contribution < -0.4 is 14.8 Å². The van der Waals surface area contributed by atoms with Crippen molar-refractivity contribution in [3.8, 4) is 17.6 Å². The topological polar surface area (TPSA) is 71.3 Å². The van der Waals surface area contributed by atoms with Gasteiger partial charge in [-0.05, 0) is 79.4 Å². The first-order valence-corrected chi connectivity index (χ1v) is 10.9. The van der Waals surface area contributed by atoms with Crippen molar-refractivity contribution < 1.29 is 14.3 Å². The first-order valence-electron chi connectivity index (χ1n) is 10.5. The smallest absolute Gasteiger partial charge is 0.266 e. The normalized spacial score (nSPS) is 10.9. The van der Waals surface area contributed by atoms with E-state index in [1.165, 1.54) is 6.08 Å². The molecule has 0 bridgehead atoms. The molecule has 0 fully saturated rings. The molecule has 6 heteroatoms. The van der Waals surface area contributed by atoms with Gasteiger partial charge in [-0.25, -0.2) is 0 Å². The third-order valence-electron chi connectivity index (χ3n) is 4.89. The van der Waals surface area contributed by atoms with Crippen molar-refractivity contribution in [1.82, 2.24) is 0 Å². The molecular weight excluding hydrogens is 436 g/mol. The second kappa shape index (κ2) is 11.2. The first kappa shape index (κ1) is 23.9. The molecule has 3 aromatic rings. The van der Waals surface area contributed by atoms with Gasteiger partial charge in [0.1, 0.15) is 18.2 Å². The van der Waals surface area contributed by atoms with Gasteiger partial charge in [-0.15, -0.1) is 0 Å². The molecule has 33 heavy (non-hydrogen) atoms. The molecule has 168 valence electrons. The van der Waals surface area contributed by atoms with E-state index in [9.17, 15) is 10.1 Å². The molecule has 0 aliphatic carbocycles. The zero-order valence-electron chi connectivity index (χ0n) is 18.8. The number of carbonyl (C=O) groups is 1. The lowest BCUT2D eigenvalue weighted by Crippen LogP contribution is -2.14. The number of carbonyl (C=O) groups excluding carboxylic acids is 1. The van der Waals surface area contributed by atoms with Crippen LogP contribution in [-0.4, -0.2) is 12.5 Å². The van der Waals surface area contributed by atoms with Crippen LogP contribution in [0.4, 0.5) is 5.69 Å². The summed E-state index contributed by atoms with van der Waals surface area (Å²) in [5.74, 6) is 0.641. The molecule has 0 aliphatic rings. The summed E-state index contributed by atoms with van der Waals surface area (Å²) in [5, 5.41) is 13.1. The van der Waals surface area contributed by atoms with Crippen LogP contribution in [0.3, 0.4) is 0 Å². The van der Waals surface area contributed by atoms with E-state index in [2.05, 4.69) is 5.32 Å². The predicted molar refractivity (Wildman–Crippen MR) is 132 cm³/mol. The van der Waals surface area contributed by atoms with Crippen LogP contribution >= 0.6 is 11.6 Å². The largest absolute Gasteiger partial charge is 0.490 e. The molecule has 1 N–H and O–H groups in total. The minimum atomic E-state index is -0.466. The maximum Gasteiger partial charge on any atom is 0.266 e. The highest BCUT2D eigenvalue weighted by Gasteiger charge is 2.13. The lowest BCUT2D eigenvalue weighted by Gasteiger charge is -2.13. The molecule has 0 aliphatic heterocycles. The summed E-state index contributed by atoms with van der Waals surface area (Å²) in [6.45, 7) is 6.53. The van der Waals surface area contributed by atoms with Crippen molar-refractivity contribution in [3.05, 3.63) is 93.5 Å². The Morgan fingerprint density at radius 2 is 1.79 bits per heavy atom. The third-order valence-corrected chi connectivity index (χ3v) is 5.14. The van der Waals surface area contributed by atoms with Gasteiger partial charge in [-0.1, -0.05) is 41.9 Å². The lowest BCUT2D eigenvalue weighted by atomic mass is 10.1. The highest BCUT2D eigenvalue weighted by atomic mass is 35.5. The molecule has 0 spiro atoms. The molecule has 0 atom stereocenters. The Morgan fingerprint density at radius 3 is 2.48 bits per heavy atom. The van der Waals surface area contributed by atoms with E-state index in [4.69, 9.17) is 21.1 Å². The van der Waals surface area contributed by atoms with Crippen LogP contribution in [0.5, 0.6) is 11.5 Å². The third kappa shape index (κ3) is 6.61. The number of rotatable bonds is 8. The van der Waals surface area contributed by atoms with Crippen molar-refractivity contribution in [2.45, 2.75) is 27.4 Å². The second-order valence-electron chi connectivity index (χ2n) is 7.50. The molecule has 0 radical (unpaired) electrons. The van der Waals surface area contributed by atoms with Crippen LogP contribution in [0.2, 0.25) is 5.02 Å². The van der Waals surface area contributed by atoms with Gasteiger partial charge in [0, 0.05) is 10.7 Å². The van der Waals surface area contributed by atoms with Crippen LogP contribution in [0.1, 0.15) is 29.2 Å². The second-order valence-corrected chi connectivity index (χ2v) is 7.93. The minimum Gasteiger partial charge on any atom is -0.490 e. The summed E-state index contributed by atoms with van der Waals surface area (Å²) < 4.78 is 11.6. The fraction of sp³-hybridized carbons (Fsp3) is 0.185. The summed E-state index contributed by atoms with van der Waals surface area (Å²) in [6, 6.07) is 20.5. The summed E-state index contributed by atoms with van der Waals surface area (Å²) >= 11 is 5.93. The molecule has 0 aromatic heterocycles. The molecular formula is C27H25ClN2O3. The number of ether oxygens (including phenoxy) is 2. The van der Waals surface area contributed by atoms with Gasteiger partial charge < -0.3 is 14.8 Å². The molecule has 0 saturated carbocycles. The average Bonchev–Trinajstić information content (AvgIpc) is 2.80. The van der Waals surface area contributed by atoms with Crippen molar-refractivity contribution >= 4 is 29.3 Å². The summed E-state index contributed by atoms with van der Waals surface area (Å²) in [5.41, 5.74) is 4.25. The van der Waals surface area contributed by atoms with Gasteiger partial charge in [0.2, 0.25) is 0 Å². The molecule has 0 saturated heterocycles. The Balaban J connectivity index is 1.79. The monoisotopic (exact) mass is 460 g/mol. The van der Waals surface area contributed by atoms with E-state index in [-0.39, 0.29) is 5.57 Å². The van der Waals surface area contributed by atoms with Gasteiger partial charge in [-0.3, -0.25) is 4.79 Å². The van der Waals surface area contributed by atoms with Gasteiger partial charge in [-0.2, -0.15) is 5.26 Å². The Labute approximate surface area is 199 Å². The maximum atomic E-state index is 12.7. The Kier molecular flexibility index (Phi) is 8.12. The van der Waals surface area contributed by atoms with Crippen molar-refractivity contribution in [2.75, 3.05) is 11.9 Å². The van der Waals surface area contributed by atoms with E-state index in [0.717, 1.165) is 16.7 Å². The fourth-order valence-electron chi connectivity index (χ4n) is 3.12. The number of aryl methyl sites for hydroxylation is 2. The first-order chi connectivity index (χ1) is 15.9. The number of nitrogens with zero attached hydrogens (tertiary/aromatic N) is 1. The van der Waals surface area contributed by atoms with Crippen molar-refractivity contribution in [1.29, 1.82) is 5.26 Å². The molecule has 1 amide bonds. The van der Waals surface area contributed by atoms with Crippen molar-refractivity contribution in [2.24, 2.45) is 0 Å². The number of nitriles is 1. The highest BCUT2D eigenvalue weighted by molar-refractivity contribution is 6.30. The van der Waals surface area contributed by atoms with Crippen LogP contribution in [-0.2, 0) is 11.4 Å². The number of anilines is 1. The average molecular weight is 461 g/mol. The zero-order chi connectivity index (χ0) is 23.8. The van der Waals surface area contributed by atoms with Crippen molar-refractivity contribution in [3.63, 3.8) is 0 Å². The molecule has 3 aromatic carbocycles. The number of hydrogen-bond acceptors (Lipinski definition) is 4. The molecule has 0 unspecified atom stereocenters. The van der Waals surface area contributed by atoms with Crippen LogP contribution in [0.25, 0.3) is 6.08 Å². The fourth-order valence-corrected chi connectivity index (χ4v) is 3.25. The quantitative estimate of drug-likeness (QED) is 0.308. The molecule has 0 heterocycles. The van der Waals surface area contributed by atoms with E-state index in [1.54, 1.807) is 18.2 Å². The summed E-state index contributed by atoms with van der Waals surface area (Å²) in [6.07, 6.45) is 1.53. The van der Waals surface area contributed by atoms with E-state index < -0.39 is 5.91 Å². The van der Waals surface area contributed by atoms with Crippen LogP contribution in [0.15, 0.2) is 66.2 Å². The standard InChI is InChI=1S/C27H25ClN2O3/c1-4-32-26-15-21(9-12-25(26)33-17-20-7-10-23(28)11-8-20)14-22(16-29)27(31)30-24-13-18(2)5-6-19(24)3/h5-15H,4,17H2,1-3H3,(H,30,31)/b22-14-. The van der Waals surface area contributed by atoms with Gasteiger partial charge in [0.15, 0.2) is 11.5 Å². The molecule has 3 rings (SSSR count). The van der Waals surface area contributed by atoms with E-state index in [0.29, 0.717) is 41.0 Å². The maximum absolute atomic E-state index is 12.7. The highest BCUT2D eigenvalue weighted by Crippen LogP contribution is 2.30. The number of amides is 1. The Bertz CT molecular complexity index is 1210. The Hall–Kier alpha value is -3.75. The lowest BCUT2D eigenvalue weighted by molar-refractivity contribution is -0.112. The summed E-state index contributed by atoms with van der Waals surface area (Å²) in [4.78, 5) is 12.7. The van der Waals surface area contributed by atoms with Gasteiger partial charge >= 0.3 is 0 Å². The van der Waals surface area contributed by atoms with Gasteiger partial charge in [0.25, 0.3) is 5.91 Å². The SMILES string of the molecule is CCOc1cc(/C=C(/C#N)C(=O)Nc2cc(C)ccc2C)ccc1OCc1ccc(Cl)cc1. The predicted octanol–water partition coefficient (Wildman–Crippen LogP) is 6.48. The number of hydrogen-bond donors (Lipinski definition) is 1. The van der Waals surface area contributed by atoms with Gasteiger partial charge in [0.05, 0.1) is 6.61 Å². The molecule has 5 nitrogen and oxygen atoms in total. The van der Waals surface area contributed by atoms with E-state index in [1.807, 2.05) is 69.3 Å². The number of benzene rings is 3. The summed E-state index contributed by atoms with van der Waals surface area (Å²) in [7, 11) is 0. The Morgan fingerprint density at radius 1 is 1.03 bits per heavy atom.